The molecule has 1 aromatic rings. The van der Waals surface area contributed by atoms with Gasteiger partial charge in [-0.15, -0.1) is 0 Å². The first kappa shape index (κ1) is 15.3. The number of β-amino-alcohol motifs (C(OH)–C–C–N with tert-alkyl or cyclic N) is 1. The van der Waals surface area contributed by atoms with Crippen LogP contribution in [0.1, 0.15) is 6.92 Å². The lowest BCUT2D eigenvalue weighted by Gasteiger charge is -2.15. The van der Waals surface area contributed by atoms with E-state index in [9.17, 15) is 9.59 Å². The summed E-state index contributed by atoms with van der Waals surface area (Å²) in [6.45, 7) is 2.37. The van der Waals surface area contributed by atoms with Crippen molar-refractivity contribution >= 4 is 34.8 Å². The summed E-state index contributed by atoms with van der Waals surface area (Å²) in [5, 5.41) is 15.5. The summed E-state index contributed by atoms with van der Waals surface area (Å²) >= 11 is 5.96. The van der Waals surface area contributed by atoms with Gasteiger partial charge in [0.25, 0.3) is 11.8 Å². The number of anilines is 2. The van der Waals surface area contributed by atoms with Gasteiger partial charge in [0, 0.05) is 17.6 Å². The van der Waals surface area contributed by atoms with Gasteiger partial charge in [-0.05, 0) is 25.1 Å². The fraction of sp³-hybridized carbons (Fsp3) is 0.286. The number of carbonyl (C=O) groups is 2. The standard InChI is InChI=1S/C14H16ClN3O3/c1-2-16-10-4-3-9(15)7-11(10)17-12-8-13(20)18(5-6-19)14(12)21/h3-4,7-8,16-17,19H,2,5-6H2,1H3. The number of halogens is 1. The van der Waals surface area contributed by atoms with Crippen LogP contribution in [0.4, 0.5) is 11.4 Å². The predicted molar refractivity (Wildman–Crippen MR) is 81.1 cm³/mol. The molecule has 6 nitrogen and oxygen atoms in total. The van der Waals surface area contributed by atoms with Crippen LogP contribution in [0.25, 0.3) is 0 Å². The van der Waals surface area contributed by atoms with Crippen molar-refractivity contribution in [3.63, 3.8) is 0 Å². The number of rotatable bonds is 6. The van der Waals surface area contributed by atoms with Crippen LogP contribution >= 0.6 is 11.6 Å². The van der Waals surface area contributed by atoms with Crippen LogP contribution in [0.2, 0.25) is 5.02 Å². The zero-order chi connectivity index (χ0) is 15.4. The van der Waals surface area contributed by atoms with Gasteiger partial charge in [0.1, 0.15) is 5.70 Å². The molecule has 1 heterocycles. The van der Waals surface area contributed by atoms with Crippen molar-refractivity contribution in [3.05, 3.63) is 35.0 Å². The Labute approximate surface area is 127 Å². The van der Waals surface area contributed by atoms with E-state index in [2.05, 4.69) is 10.6 Å². The molecule has 0 atom stereocenters. The molecule has 0 aliphatic carbocycles. The molecule has 0 aromatic heterocycles. The second-order valence-corrected chi connectivity index (χ2v) is 4.86. The summed E-state index contributed by atoms with van der Waals surface area (Å²) in [5.74, 6) is -0.903. The molecule has 1 aliphatic heterocycles. The number of amides is 2. The summed E-state index contributed by atoms with van der Waals surface area (Å²) in [5.41, 5.74) is 1.56. The van der Waals surface area contributed by atoms with E-state index in [0.29, 0.717) is 17.3 Å². The Kier molecular flexibility index (Phi) is 4.82. The minimum atomic E-state index is -0.462. The third-order valence-corrected chi connectivity index (χ3v) is 3.19. The molecule has 0 unspecified atom stereocenters. The third kappa shape index (κ3) is 3.34. The zero-order valence-corrected chi connectivity index (χ0v) is 12.3. The highest BCUT2D eigenvalue weighted by Gasteiger charge is 2.30. The van der Waals surface area contributed by atoms with Crippen molar-refractivity contribution < 1.29 is 14.7 Å². The largest absolute Gasteiger partial charge is 0.395 e. The van der Waals surface area contributed by atoms with Gasteiger partial charge >= 0.3 is 0 Å². The monoisotopic (exact) mass is 309 g/mol. The molecule has 3 N–H and O–H groups in total. The quantitative estimate of drug-likeness (QED) is 0.693. The number of hydrogen-bond donors (Lipinski definition) is 3. The molecule has 21 heavy (non-hydrogen) atoms. The predicted octanol–water partition coefficient (Wildman–Crippen LogP) is 1.43. The Hall–Kier alpha value is -2.05. The Morgan fingerprint density at radius 2 is 2.05 bits per heavy atom. The molecule has 1 aliphatic rings. The maximum Gasteiger partial charge on any atom is 0.277 e. The second-order valence-electron chi connectivity index (χ2n) is 4.42. The molecular formula is C14H16ClN3O3. The topological polar surface area (TPSA) is 81.7 Å². The molecule has 0 saturated heterocycles. The maximum atomic E-state index is 12.1. The maximum absolute atomic E-state index is 12.1. The fourth-order valence-corrected chi connectivity index (χ4v) is 2.19. The van der Waals surface area contributed by atoms with Gasteiger partial charge in [0.05, 0.1) is 24.5 Å². The van der Waals surface area contributed by atoms with Gasteiger partial charge in [-0.2, -0.15) is 0 Å². The summed E-state index contributed by atoms with van der Waals surface area (Å²) in [6.07, 6.45) is 1.22. The molecule has 2 amide bonds. The number of hydrogen-bond acceptors (Lipinski definition) is 5. The van der Waals surface area contributed by atoms with E-state index in [1.54, 1.807) is 18.2 Å². The van der Waals surface area contributed by atoms with Crippen molar-refractivity contribution in [2.75, 3.05) is 30.3 Å². The van der Waals surface area contributed by atoms with Crippen LogP contribution in [-0.4, -0.2) is 41.5 Å². The molecule has 2 rings (SSSR count). The molecule has 1 aromatic carbocycles. The van der Waals surface area contributed by atoms with E-state index in [1.807, 2.05) is 6.92 Å². The number of imide groups is 1. The number of benzene rings is 1. The molecule has 0 fully saturated rings. The van der Waals surface area contributed by atoms with Crippen LogP contribution in [0.5, 0.6) is 0 Å². The molecule has 0 spiro atoms. The van der Waals surface area contributed by atoms with Crippen molar-refractivity contribution in [1.82, 2.24) is 4.90 Å². The third-order valence-electron chi connectivity index (χ3n) is 2.95. The lowest BCUT2D eigenvalue weighted by atomic mass is 10.2. The van der Waals surface area contributed by atoms with Crippen molar-refractivity contribution in [2.24, 2.45) is 0 Å². The van der Waals surface area contributed by atoms with Crippen molar-refractivity contribution in [1.29, 1.82) is 0 Å². The lowest BCUT2D eigenvalue weighted by molar-refractivity contribution is -0.137. The number of aliphatic hydroxyl groups excluding tert-OH is 1. The Bertz CT molecular complexity index is 601. The Morgan fingerprint density at radius 1 is 1.29 bits per heavy atom. The SMILES string of the molecule is CCNc1ccc(Cl)cc1NC1=CC(=O)N(CCO)C1=O. The van der Waals surface area contributed by atoms with Gasteiger partial charge in [-0.1, -0.05) is 11.6 Å². The average Bonchev–Trinajstić information content (AvgIpc) is 2.70. The number of carbonyl (C=O) groups excluding carboxylic acids is 2. The highest BCUT2D eigenvalue weighted by Crippen LogP contribution is 2.28. The van der Waals surface area contributed by atoms with Crippen LogP contribution in [-0.2, 0) is 9.59 Å². The molecule has 7 heteroatoms. The van der Waals surface area contributed by atoms with Gasteiger partial charge in [0.15, 0.2) is 0 Å². The molecule has 0 bridgehead atoms. The first-order chi connectivity index (χ1) is 10.1. The van der Waals surface area contributed by atoms with Gasteiger partial charge in [-0.3, -0.25) is 14.5 Å². The fourth-order valence-electron chi connectivity index (χ4n) is 2.02. The second kappa shape index (κ2) is 6.60. The Balaban J connectivity index is 2.22. The normalized spacial score (nSPS) is 14.4. The summed E-state index contributed by atoms with van der Waals surface area (Å²) < 4.78 is 0. The molecule has 0 saturated carbocycles. The minimum absolute atomic E-state index is 0.0189. The van der Waals surface area contributed by atoms with Gasteiger partial charge < -0.3 is 15.7 Å². The average molecular weight is 310 g/mol. The highest BCUT2D eigenvalue weighted by atomic mass is 35.5. The van der Waals surface area contributed by atoms with Crippen LogP contribution < -0.4 is 10.6 Å². The van der Waals surface area contributed by atoms with E-state index >= 15 is 0 Å². The summed E-state index contributed by atoms with van der Waals surface area (Å²) in [7, 11) is 0. The van der Waals surface area contributed by atoms with E-state index in [0.717, 1.165) is 10.6 Å². The van der Waals surface area contributed by atoms with Crippen LogP contribution in [0, 0.1) is 0 Å². The van der Waals surface area contributed by atoms with Crippen molar-refractivity contribution in [2.45, 2.75) is 6.92 Å². The first-order valence-corrected chi connectivity index (χ1v) is 6.93. The van der Waals surface area contributed by atoms with E-state index in [4.69, 9.17) is 16.7 Å². The Morgan fingerprint density at radius 3 is 2.71 bits per heavy atom. The number of aliphatic hydroxyl groups is 1. The number of nitrogens with one attached hydrogen (secondary N) is 2. The van der Waals surface area contributed by atoms with E-state index < -0.39 is 11.8 Å². The van der Waals surface area contributed by atoms with Gasteiger partial charge in [-0.25, -0.2) is 0 Å². The lowest BCUT2D eigenvalue weighted by Crippen LogP contribution is -2.34. The number of nitrogens with zero attached hydrogens (tertiary/aromatic N) is 1. The van der Waals surface area contributed by atoms with Crippen LogP contribution in [0.3, 0.4) is 0 Å². The van der Waals surface area contributed by atoms with Gasteiger partial charge in [0.2, 0.25) is 0 Å². The molecule has 112 valence electrons. The first-order valence-electron chi connectivity index (χ1n) is 6.55. The van der Waals surface area contributed by atoms with Crippen molar-refractivity contribution in [3.8, 4) is 0 Å². The van der Waals surface area contributed by atoms with Crippen LogP contribution in [0.15, 0.2) is 30.0 Å². The summed E-state index contributed by atoms with van der Waals surface area (Å²) in [6, 6.07) is 5.20. The summed E-state index contributed by atoms with van der Waals surface area (Å²) in [4.78, 5) is 24.7. The highest BCUT2D eigenvalue weighted by molar-refractivity contribution is 6.31. The smallest absolute Gasteiger partial charge is 0.277 e. The minimum Gasteiger partial charge on any atom is -0.395 e. The molecule has 0 radical (unpaired) electrons. The van der Waals surface area contributed by atoms with E-state index in [1.165, 1.54) is 6.08 Å². The van der Waals surface area contributed by atoms with E-state index in [-0.39, 0.29) is 18.8 Å². The zero-order valence-electron chi connectivity index (χ0n) is 11.5. The molecular weight excluding hydrogens is 294 g/mol.